The van der Waals surface area contributed by atoms with Crippen molar-refractivity contribution in [1.29, 1.82) is 0 Å². The molecular formula is C16H18N8O. The van der Waals surface area contributed by atoms with Crippen molar-refractivity contribution in [2.75, 3.05) is 18.5 Å². The van der Waals surface area contributed by atoms with Crippen molar-refractivity contribution in [3.63, 3.8) is 0 Å². The van der Waals surface area contributed by atoms with Crippen LogP contribution in [0.2, 0.25) is 0 Å². The van der Waals surface area contributed by atoms with Crippen molar-refractivity contribution in [1.82, 2.24) is 34.8 Å². The number of nitrogens with zero attached hydrogens (tertiary/aromatic N) is 7. The first kappa shape index (κ1) is 14.4. The van der Waals surface area contributed by atoms with Crippen LogP contribution in [0, 0.1) is 0 Å². The highest BCUT2D eigenvalue weighted by atomic mass is 16.2. The van der Waals surface area contributed by atoms with Crippen molar-refractivity contribution >= 4 is 22.9 Å². The second-order valence-electron chi connectivity index (χ2n) is 6.78. The molecule has 2 atom stereocenters. The number of H-pyrrole nitrogens is 1. The van der Waals surface area contributed by atoms with Crippen LogP contribution in [0.5, 0.6) is 0 Å². The topological polar surface area (TPSA) is 95.8 Å². The second kappa shape index (κ2) is 5.01. The number of aryl methyl sites for hydroxylation is 1. The lowest BCUT2D eigenvalue weighted by Gasteiger charge is -2.38. The van der Waals surface area contributed by atoms with E-state index in [1.54, 1.807) is 17.1 Å². The van der Waals surface area contributed by atoms with Gasteiger partial charge in [0.15, 0.2) is 0 Å². The Morgan fingerprint density at radius 1 is 1.24 bits per heavy atom. The molecule has 1 amide bonds. The van der Waals surface area contributed by atoms with Gasteiger partial charge in [-0.25, -0.2) is 9.97 Å². The summed E-state index contributed by atoms with van der Waals surface area (Å²) in [4.78, 5) is 25.6. The number of carbonyl (C=O) groups excluding carboxylic acids is 1. The minimum absolute atomic E-state index is 0.150. The largest absolute Gasteiger partial charge is 0.342 e. The molecule has 9 nitrogen and oxygen atoms in total. The Morgan fingerprint density at radius 3 is 2.92 bits per heavy atom. The average molecular weight is 338 g/mol. The number of amides is 1. The number of piperazine rings is 1. The number of likely N-dealkylation sites (N-methyl/N-ethyl adjacent to an activating group) is 1. The number of fused-ring (bicyclic) bond motifs is 3. The molecule has 3 aromatic rings. The highest BCUT2D eigenvalue weighted by Gasteiger charge is 2.45. The molecule has 2 bridgehead atoms. The lowest BCUT2D eigenvalue weighted by atomic mass is 10.2. The molecule has 9 heteroatoms. The van der Waals surface area contributed by atoms with E-state index in [1.807, 2.05) is 25.2 Å². The molecule has 0 saturated carbocycles. The van der Waals surface area contributed by atoms with E-state index in [-0.39, 0.29) is 18.0 Å². The van der Waals surface area contributed by atoms with Crippen LogP contribution in [-0.2, 0) is 11.8 Å². The number of hydrogen-bond donors (Lipinski definition) is 1. The van der Waals surface area contributed by atoms with Gasteiger partial charge in [0.1, 0.15) is 22.8 Å². The first-order valence-electron chi connectivity index (χ1n) is 8.35. The van der Waals surface area contributed by atoms with Gasteiger partial charge in [-0.05, 0) is 12.8 Å². The first-order valence-corrected chi connectivity index (χ1v) is 8.35. The highest BCUT2D eigenvalue weighted by Crippen LogP contribution is 2.34. The fourth-order valence-corrected chi connectivity index (χ4v) is 3.94. The molecule has 2 saturated heterocycles. The zero-order chi connectivity index (χ0) is 17.1. The molecule has 25 heavy (non-hydrogen) atoms. The van der Waals surface area contributed by atoms with E-state index in [0.717, 1.165) is 41.7 Å². The smallest absolute Gasteiger partial charge is 0.245 e. The maximum Gasteiger partial charge on any atom is 0.245 e. The minimum Gasteiger partial charge on any atom is -0.342 e. The van der Waals surface area contributed by atoms with Crippen LogP contribution in [-0.4, -0.2) is 66.4 Å². The number of likely N-dealkylation sites (tertiary alicyclic amines) is 1. The van der Waals surface area contributed by atoms with Crippen LogP contribution in [0.1, 0.15) is 12.8 Å². The third-order valence-electron chi connectivity index (χ3n) is 5.15. The van der Waals surface area contributed by atoms with Gasteiger partial charge in [-0.2, -0.15) is 10.2 Å². The highest BCUT2D eigenvalue weighted by molar-refractivity contribution is 5.90. The van der Waals surface area contributed by atoms with Gasteiger partial charge < -0.3 is 9.80 Å². The molecule has 5 heterocycles. The van der Waals surface area contributed by atoms with Crippen molar-refractivity contribution in [2.45, 2.75) is 24.9 Å². The average Bonchev–Trinajstić information content (AvgIpc) is 3.29. The molecule has 128 valence electrons. The summed E-state index contributed by atoms with van der Waals surface area (Å²) in [5.74, 6) is 0.755. The molecule has 5 rings (SSSR count). The van der Waals surface area contributed by atoms with Gasteiger partial charge in [0.05, 0.1) is 18.4 Å². The number of rotatable bonds is 2. The van der Waals surface area contributed by atoms with Crippen LogP contribution in [0.15, 0.2) is 18.6 Å². The number of carbonyl (C=O) groups is 1. The lowest BCUT2D eigenvalue weighted by Crippen LogP contribution is -2.56. The van der Waals surface area contributed by atoms with Crippen LogP contribution in [0.3, 0.4) is 0 Å². The van der Waals surface area contributed by atoms with E-state index in [4.69, 9.17) is 4.98 Å². The molecule has 0 radical (unpaired) electrons. The summed E-state index contributed by atoms with van der Waals surface area (Å²) >= 11 is 0. The van der Waals surface area contributed by atoms with Gasteiger partial charge in [-0.3, -0.25) is 14.6 Å². The van der Waals surface area contributed by atoms with Gasteiger partial charge in [0, 0.05) is 32.4 Å². The molecule has 2 aliphatic rings. The SMILES string of the molecule is CN1CC2CCC(C1=O)N2c1ncc2[nH]nc(-c3cnn(C)c3)c2n1. The predicted molar refractivity (Wildman–Crippen MR) is 90.8 cm³/mol. The Kier molecular flexibility index (Phi) is 2.88. The Labute approximate surface area is 143 Å². The molecular weight excluding hydrogens is 320 g/mol. The van der Waals surface area contributed by atoms with E-state index in [9.17, 15) is 4.79 Å². The van der Waals surface area contributed by atoms with Crippen molar-refractivity contribution in [2.24, 2.45) is 7.05 Å². The fraction of sp³-hybridized carbons (Fsp3) is 0.438. The van der Waals surface area contributed by atoms with Gasteiger partial charge >= 0.3 is 0 Å². The molecule has 3 aromatic heterocycles. The number of hydrogen-bond acceptors (Lipinski definition) is 6. The Bertz CT molecular complexity index is 976. The third-order valence-corrected chi connectivity index (χ3v) is 5.15. The van der Waals surface area contributed by atoms with Crippen molar-refractivity contribution < 1.29 is 4.79 Å². The minimum atomic E-state index is -0.157. The molecule has 0 aromatic carbocycles. The molecule has 2 unspecified atom stereocenters. The quantitative estimate of drug-likeness (QED) is 0.734. The lowest BCUT2D eigenvalue weighted by molar-refractivity contribution is -0.132. The number of aromatic nitrogens is 6. The number of anilines is 1. The summed E-state index contributed by atoms with van der Waals surface area (Å²) in [6.07, 6.45) is 7.26. The Balaban J connectivity index is 1.60. The van der Waals surface area contributed by atoms with Crippen molar-refractivity contribution in [3.8, 4) is 11.3 Å². The van der Waals surface area contributed by atoms with Gasteiger partial charge in [0.2, 0.25) is 11.9 Å². The maximum atomic E-state index is 12.5. The maximum absolute atomic E-state index is 12.5. The first-order chi connectivity index (χ1) is 12.1. The van der Waals surface area contributed by atoms with Crippen LogP contribution in [0.25, 0.3) is 22.3 Å². The molecule has 2 fully saturated rings. The Morgan fingerprint density at radius 2 is 2.12 bits per heavy atom. The summed E-state index contributed by atoms with van der Waals surface area (Å²) in [5, 5.41) is 11.5. The predicted octanol–water partition coefficient (Wildman–Crippen LogP) is 0.563. The van der Waals surface area contributed by atoms with E-state index in [0.29, 0.717) is 5.95 Å². The molecule has 1 N–H and O–H groups in total. The van der Waals surface area contributed by atoms with E-state index >= 15 is 0 Å². The monoisotopic (exact) mass is 338 g/mol. The second-order valence-corrected chi connectivity index (χ2v) is 6.78. The summed E-state index contributed by atoms with van der Waals surface area (Å²) in [7, 11) is 3.73. The molecule has 0 aliphatic carbocycles. The standard InChI is InChI=1S/C16H18N8O/c1-22-8-10-3-4-12(15(22)25)24(10)16-17-6-11-14(19-16)13(21-20-11)9-5-18-23(2)7-9/h5-7,10,12H,3-4,8H2,1-2H3,(H,20,21). The molecule has 2 aliphatic heterocycles. The van der Waals surface area contributed by atoms with Gasteiger partial charge in [-0.1, -0.05) is 0 Å². The zero-order valence-electron chi connectivity index (χ0n) is 14.0. The van der Waals surface area contributed by atoms with E-state index < -0.39 is 0 Å². The normalized spacial score (nSPS) is 23.0. The number of nitrogens with one attached hydrogen (secondary N) is 1. The van der Waals surface area contributed by atoms with Crippen molar-refractivity contribution in [3.05, 3.63) is 18.6 Å². The summed E-state index contributed by atoms with van der Waals surface area (Å²) in [5.41, 5.74) is 3.18. The summed E-state index contributed by atoms with van der Waals surface area (Å²) in [6.45, 7) is 0.720. The summed E-state index contributed by atoms with van der Waals surface area (Å²) < 4.78 is 1.73. The third kappa shape index (κ3) is 2.04. The molecule has 0 spiro atoms. The zero-order valence-corrected chi connectivity index (χ0v) is 14.0. The fourth-order valence-electron chi connectivity index (χ4n) is 3.94. The van der Waals surface area contributed by atoms with Gasteiger partial charge in [0.25, 0.3) is 0 Å². The van der Waals surface area contributed by atoms with Crippen LogP contribution < -0.4 is 4.90 Å². The van der Waals surface area contributed by atoms with Crippen LogP contribution >= 0.6 is 0 Å². The van der Waals surface area contributed by atoms with E-state index in [1.165, 1.54) is 0 Å². The Hall–Kier alpha value is -2.97. The number of aromatic amines is 1. The van der Waals surface area contributed by atoms with Gasteiger partial charge in [-0.15, -0.1) is 0 Å². The van der Waals surface area contributed by atoms with Crippen LogP contribution in [0.4, 0.5) is 5.95 Å². The summed E-state index contributed by atoms with van der Waals surface area (Å²) in [6, 6.07) is 0.119. The van der Waals surface area contributed by atoms with E-state index in [2.05, 4.69) is 25.2 Å².